The van der Waals surface area contributed by atoms with Crippen molar-refractivity contribution in [2.24, 2.45) is 0 Å². The van der Waals surface area contributed by atoms with E-state index in [4.69, 9.17) is 11.6 Å². The first kappa shape index (κ1) is 24.9. The van der Waals surface area contributed by atoms with Gasteiger partial charge in [-0.1, -0.05) is 53.7 Å². The van der Waals surface area contributed by atoms with E-state index in [1.54, 1.807) is 18.2 Å². The largest absolute Gasteiger partial charge is 0.345 e. The molecule has 2 amide bonds. The van der Waals surface area contributed by atoms with Crippen LogP contribution in [0.5, 0.6) is 0 Å². The Morgan fingerprint density at radius 2 is 1.89 bits per heavy atom. The van der Waals surface area contributed by atoms with Gasteiger partial charge in [0, 0.05) is 28.1 Å². The number of amides is 2. The fourth-order valence-corrected chi connectivity index (χ4v) is 5.01. The third kappa shape index (κ3) is 6.27. The molecule has 2 N–H and O–H groups in total. The van der Waals surface area contributed by atoms with Gasteiger partial charge < -0.3 is 15.2 Å². The van der Waals surface area contributed by atoms with Gasteiger partial charge in [-0.25, -0.2) is 4.98 Å². The number of nitrogens with zero attached hydrogens (tertiary/aromatic N) is 4. The molecule has 0 unspecified atom stereocenters. The molecule has 0 aliphatic carbocycles. The third-order valence-corrected chi connectivity index (χ3v) is 7.11. The van der Waals surface area contributed by atoms with E-state index in [0.717, 1.165) is 16.8 Å². The van der Waals surface area contributed by atoms with Crippen molar-refractivity contribution in [2.45, 2.75) is 32.1 Å². The van der Waals surface area contributed by atoms with Gasteiger partial charge in [-0.05, 0) is 37.6 Å². The Hall–Kier alpha value is -3.21. The Labute approximate surface area is 216 Å². The second-order valence-electron chi connectivity index (χ2n) is 7.52. The number of thioether (sulfide) groups is 1. The average Bonchev–Trinajstić information content (AvgIpc) is 3.48. The molecule has 0 radical (unpaired) electrons. The molecule has 35 heavy (non-hydrogen) atoms. The lowest BCUT2D eigenvalue weighted by atomic mass is 10.1. The number of hydrogen-bond donors (Lipinski definition) is 2. The van der Waals surface area contributed by atoms with E-state index in [0.29, 0.717) is 33.2 Å². The first-order valence-corrected chi connectivity index (χ1v) is 13.1. The van der Waals surface area contributed by atoms with Crippen molar-refractivity contribution in [3.05, 3.63) is 75.9 Å². The van der Waals surface area contributed by atoms with Crippen molar-refractivity contribution in [1.82, 2.24) is 25.1 Å². The summed E-state index contributed by atoms with van der Waals surface area (Å²) in [4.78, 5) is 29.5. The number of rotatable bonds is 9. The summed E-state index contributed by atoms with van der Waals surface area (Å²) in [5.74, 6) is 0.435. The first-order valence-electron chi connectivity index (χ1n) is 10.8. The fourth-order valence-electron chi connectivity index (χ4n) is 3.33. The number of aromatic nitrogens is 4. The molecule has 0 bridgehead atoms. The highest BCUT2D eigenvalue weighted by molar-refractivity contribution is 7.99. The average molecular weight is 527 g/mol. The molecule has 4 aromatic rings. The van der Waals surface area contributed by atoms with Gasteiger partial charge in [-0.15, -0.1) is 21.5 Å². The molecule has 2 aromatic heterocycles. The number of halogens is 1. The molecule has 0 aliphatic heterocycles. The van der Waals surface area contributed by atoms with Gasteiger partial charge in [-0.3, -0.25) is 9.59 Å². The van der Waals surface area contributed by atoms with Crippen LogP contribution in [0.25, 0.3) is 11.3 Å². The molecule has 0 saturated heterocycles. The maximum absolute atomic E-state index is 12.5. The SMILES string of the molecule is CCn1c(CNC(=O)c2ccccc2C)nnc1SCC(=O)Nc1nc(-c2ccc(Cl)cc2)cs1. The van der Waals surface area contributed by atoms with E-state index in [-0.39, 0.29) is 24.1 Å². The number of anilines is 1. The maximum Gasteiger partial charge on any atom is 0.251 e. The van der Waals surface area contributed by atoms with Crippen LogP contribution in [0.15, 0.2) is 59.1 Å². The summed E-state index contributed by atoms with van der Waals surface area (Å²) in [7, 11) is 0. The smallest absolute Gasteiger partial charge is 0.251 e. The molecule has 4 rings (SSSR count). The summed E-state index contributed by atoms with van der Waals surface area (Å²) in [5.41, 5.74) is 3.24. The minimum atomic E-state index is -0.188. The maximum atomic E-state index is 12.5. The van der Waals surface area contributed by atoms with Gasteiger partial charge in [0.05, 0.1) is 18.0 Å². The Morgan fingerprint density at radius 3 is 2.63 bits per heavy atom. The van der Waals surface area contributed by atoms with Gasteiger partial charge in [0.25, 0.3) is 5.91 Å². The lowest BCUT2D eigenvalue weighted by Crippen LogP contribution is -2.25. The van der Waals surface area contributed by atoms with E-state index in [1.807, 2.05) is 54.1 Å². The van der Waals surface area contributed by atoms with Gasteiger partial charge >= 0.3 is 0 Å². The number of hydrogen-bond acceptors (Lipinski definition) is 7. The Kier molecular flexibility index (Phi) is 8.17. The first-order chi connectivity index (χ1) is 16.9. The lowest BCUT2D eigenvalue weighted by Gasteiger charge is -2.09. The molecule has 0 atom stereocenters. The van der Waals surface area contributed by atoms with E-state index < -0.39 is 0 Å². The molecule has 0 spiro atoms. The molecule has 0 saturated carbocycles. The summed E-state index contributed by atoms with van der Waals surface area (Å²) >= 11 is 8.58. The van der Waals surface area contributed by atoms with E-state index in [9.17, 15) is 9.59 Å². The van der Waals surface area contributed by atoms with E-state index in [2.05, 4.69) is 25.8 Å². The number of nitrogens with one attached hydrogen (secondary N) is 2. The number of thiazole rings is 1. The zero-order chi connectivity index (χ0) is 24.8. The highest BCUT2D eigenvalue weighted by Gasteiger charge is 2.16. The predicted octanol–water partition coefficient (Wildman–Crippen LogP) is 5.04. The summed E-state index contributed by atoms with van der Waals surface area (Å²) < 4.78 is 1.89. The third-order valence-electron chi connectivity index (χ3n) is 5.13. The molecule has 2 aromatic carbocycles. The Morgan fingerprint density at radius 1 is 1.11 bits per heavy atom. The quantitative estimate of drug-likeness (QED) is 0.296. The molecule has 11 heteroatoms. The Bertz CT molecular complexity index is 1340. The van der Waals surface area contributed by atoms with Crippen molar-refractivity contribution in [3.63, 3.8) is 0 Å². The highest BCUT2D eigenvalue weighted by Crippen LogP contribution is 2.26. The molecule has 180 valence electrons. The van der Waals surface area contributed by atoms with Crippen LogP contribution >= 0.6 is 34.7 Å². The molecule has 0 aliphatic rings. The predicted molar refractivity (Wildman–Crippen MR) is 140 cm³/mol. The number of carbonyl (C=O) groups is 2. The number of aryl methyl sites for hydroxylation is 1. The summed E-state index contributed by atoms with van der Waals surface area (Å²) in [6, 6.07) is 14.8. The minimum Gasteiger partial charge on any atom is -0.345 e. The normalized spacial score (nSPS) is 10.8. The van der Waals surface area contributed by atoms with Crippen LogP contribution in [-0.2, 0) is 17.9 Å². The Balaban J connectivity index is 1.32. The van der Waals surface area contributed by atoms with Gasteiger partial charge in [0.2, 0.25) is 5.91 Å². The fraction of sp³-hybridized carbons (Fsp3) is 0.208. The molecule has 2 heterocycles. The molecule has 8 nitrogen and oxygen atoms in total. The zero-order valence-electron chi connectivity index (χ0n) is 19.1. The molecular formula is C24H23ClN6O2S2. The topological polar surface area (TPSA) is 102 Å². The monoisotopic (exact) mass is 526 g/mol. The second kappa shape index (κ2) is 11.5. The van der Waals surface area contributed by atoms with E-state index in [1.165, 1.54) is 23.1 Å². The van der Waals surface area contributed by atoms with Crippen LogP contribution in [0.4, 0.5) is 5.13 Å². The zero-order valence-corrected chi connectivity index (χ0v) is 21.5. The number of benzene rings is 2. The summed E-state index contributed by atoms with van der Waals surface area (Å²) in [6.45, 7) is 4.72. The van der Waals surface area contributed by atoms with Crippen LogP contribution in [0, 0.1) is 6.92 Å². The number of carbonyl (C=O) groups excluding carboxylic acids is 2. The van der Waals surface area contributed by atoms with Crippen molar-refractivity contribution < 1.29 is 9.59 Å². The van der Waals surface area contributed by atoms with Crippen molar-refractivity contribution in [3.8, 4) is 11.3 Å². The van der Waals surface area contributed by atoms with Crippen molar-refractivity contribution >= 4 is 51.6 Å². The van der Waals surface area contributed by atoms with Crippen LogP contribution in [0.3, 0.4) is 0 Å². The highest BCUT2D eigenvalue weighted by atomic mass is 35.5. The van der Waals surface area contributed by atoms with Crippen LogP contribution in [0.1, 0.15) is 28.7 Å². The lowest BCUT2D eigenvalue weighted by molar-refractivity contribution is -0.113. The van der Waals surface area contributed by atoms with Crippen LogP contribution in [0.2, 0.25) is 5.02 Å². The van der Waals surface area contributed by atoms with Crippen LogP contribution < -0.4 is 10.6 Å². The van der Waals surface area contributed by atoms with Crippen molar-refractivity contribution in [1.29, 1.82) is 0 Å². The van der Waals surface area contributed by atoms with Crippen molar-refractivity contribution in [2.75, 3.05) is 11.1 Å². The summed E-state index contributed by atoms with van der Waals surface area (Å²) in [6.07, 6.45) is 0. The van der Waals surface area contributed by atoms with Crippen LogP contribution in [-0.4, -0.2) is 37.3 Å². The van der Waals surface area contributed by atoms with Gasteiger partial charge in [-0.2, -0.15) is 0 Å². The van der Waals surface area contributed by atoms with Gasteiger partial charge in [0.1, 0.15) is 0 Å². The van der Waals surface area contributed by atoms with E-state index >= 15 is 0 Å². The minimum absolute atomic E-state index is 0.156. The summed E-state index contributed by atoms with van der Waals surface area (Å²) in [5, 5.41) is 17.8. The standard InChI is InChI=1S/C24H23ClN6O2S2/c1-3-31-20(12-26-22(33)18-7-5-4-6-15(18)2)29-30-24(31)35-14-21(32)28-23-27-19(13-34-23)16-8-10-17(25)11-9-16/h4-11,13H,3,12,14H2,1-2H3,(H,26,33)(H,27,28,32). The molecule has 0 fully saturated rings. The van der Waals surface area contributed by atoms with Gasteiger partial charge in [0.15, 0.2) is 16.1 Å². The molecular weight excluding hydrogens is 504 g/mol. The second-order valence-corrected chi connectivity index (χ2v) is 9.76.